The third kappa shape index (κ3) is 5.93. The van der Waals surface area contributed by atoms with Gasteiger partial charge in [-0.15, -0.1) is 0 Å². The molecular formula is C20H31N3O3. The maximum absolute atomic E-state index is 12.5. The Labute approximate surface area is 156 Å². The van der Waals surface area contributed by atoms with E-state index in [1.165, 1.54) is 0 Å². The molecule has 0 radical (unpaired) electrons. The standard InChI is InChI=1S/C20H31N3O3/c1-16(2)10-11-21-20(25)23-14-12-22(13-15-23)19(24)9-8-17-6-4-5-7-18(17)26-3/h4-7,16H,8-15H2,1-3H3,(H,21,25). The van der Waals surface area contributed by atoms with Crippen LogP contribution in [0.4, 0.5) is 4.79 Å². The van der Waals surface area contributed by atoms with Crippen LogP contribution in [0.3, 0.4) is 0 Å². The van der Waals surface area contributed by atoms with Gasteiger partial charge in [0.05, 0.1) is 7.11 Å². The van der Waals surface area contributed by atoms with Crippen LogP contribution in [0.1, 0.15) is 32.3 Å². The van der Waals surface area contributed by atoms with Crippen molar-refractivity contribution in [3.8, 4) is 5.75 Å². The van der Waals surface area contributed by atoms with Crippen molar-refractivity contribution >= 4 is 11.9 Å². The molecule has 26 heavy (non-hydrogen) atoms. The molecule has 3 amide bonds. The van der Waals surface area contributed by atoms with E-state index in [2.05, 4.69) is 19.2 Å². The Morgan fingerprint density at radius 2 is 1.77 bits per heavy atom. The number of amides is 3. The Kier molecular flexibility index (Phi) is 7.75. The van der Waals surface area contributed by atoms with Gasteiger partial charge in [-0.25, -0.2) is 4.79 Å². The van der Waals surface area contributed by atoms with E-state index >= 15 is 0 Å². The Bertz CT molecular complexity index is 596. The Hall–Kier alpha value is -2.24. The molecule has 0 unspecified atom stereocenters. The Balaban J connectivity index is 1.73. The van der Waals surface area contributed by atoms with Gasteiger partial charge in [0.15, 0.2) is 0 Å². The SMILES string of the molecule is COc1ccccc1CCC(=O)N1CCN(C(=O)NCCC(C)C)CC1. The normalized spacial score (nSPS) is 14.5. The van der Waals surface area contributed by atoms with E-state index in [1.807, 2.05) is 29.2 Å². The molecule has 0 aromatic heterocycles. The van der Waals surface area contributed by atoms with Gasteiger partial charge < -0.3 is 19.9 Å². The number of ether oxygens (including phenoxy) is 1. The second-order valence-electron chi connectivity index (χ2n) is 7.09. The highest BCUT2D eigenvalue weighted by Gasteiger charge is 2.23. The fraction of sp³-hybridized carbons (Fsp3) is 0.600. The third-order valence-corrected chi connectivity index (χ3v) is 4.72. The van der Waals surface area contributed by atoms with Gasteiger partial charge in [-0.05, 0) is 30.4 Å². The molecule has 1 fully saturated rings. The molecule has 1 N–H and O–H groups in total. The highest BCUT2D eigenvalue weighted by molar-refractivity contribution is 5.78. The number of aryl methyl sites for hydroxylation is 1. The van der Waals surface area contributed by atoms with Crippen molar-refractivity contribution in [1.82, 2.24) is 15.1 Å². The summed E-state index contributed by atoms with van der Waals surface area (Å²) in [5.74, 6) is 1.53. The van der Waals surface area contributed by atoms with Gasteiger partial charge in [-0.1, -0.05) is 32.0 Å². The molecule has 1 aliphatic heterocycles. The van der Waals surface area contributed by atoms with E-state index in [-0.39, 0.29) is 11.9 Å². The van der Waals surface area contributed by atoms with Crippen LogP contribution in [0.5, 0.6) is 5.75 Å². The first-order valence-corrected chi connectivity index (χ1v) is 9.43. The second-order valence-corrected chi connectivity index (χ2v) is 7.09. The lowest BCUT2D eigenvalue weighted by Gasteiger charge is -2.35. The van der Waals surface area contributed by atoms with Gasteiger partial charge in [0, 0.05) is 39.1 Å². The van der Waals surface area contributed by atoms with E-state index in [0.29, 0.717) is 51.5 Å². The number of hydrogen-bond acceptors (Lipinski definition) is 3. The molecule has 2 rings (SSSR count). The van der Waals surface area contributed by atoms with Gasteiger partial charge in [-0.3, -0.25) is 4.79 Å². The lowest BCUT2D eigenvalue weighted by molar-refractivity contribution is -0.132. The van der Waals surface area contributed by atoms with Crippen LogP contribution in [0.25, 0.3) is 0 Å². The zero-order valence-corrected chi connectivity index (χ0v) is 16.2. The van der Waals surface area contributed by atoms with E-state index < -0.39 is 0 Å². The Morgan fingerprint density at radius 3 is 2.42 bits per heavy atom. The van der Waals surface area contributed by atoms with E-state index in [1.54, 1.807) is 12.0 Å². The lowest BCUT2D eigenvalue weighted by atomic mass is 10.1. The average molecular weight is 361 g/mol. The molecule has 0 bridgehead atoms. The largest absolute Gasteiger partial charge is 0.496 e. The third-order valence-electron chi connectivity index (χ3n) is 4.72. The summed E-state index contributed by atoms with van der Waals surface area (Å²) in [6.45, 7) is 7.37. The minimum atomic E-state index is -0.0215. The number of benzene rings is 1. The topological polar surface area (TPSA) is 61.9 Å². The maximum atomic E-state index is 12.5. The highest BCUT2D eigenvalue weighted by Crippen LogP contribution is 2.19. The summed E-state index contributed by atoms with van der Waals surface area (Å²) < 4.78 is 5.33. The molecule has 1 heterocycles. The molecule has 0 atom stereocenters. The minimum absolute atomic E-state index is 0.0215. The summed E-state index contributed by atoms with van der Waals surface area (Å²) in [5.41, 5.74) is 1.05. The number of hydrogen-bond donors (Lipinski definition) is 1. The predicted octanol–water partition coefficient (Wildman–Crippen LogP) is 2.53. The van der Waals surface area contributed by atoms with Crippen molar-refractivity contribution in [3.05, 3.63) is 29.8 Å². The zero-order valence-electron chi connectivity index (χ0n) is 16.2. The van der Waals surface area contributed by atoms with Crippen molar-refractivity contribution in [1.29, 1.82) is 0 Å². The first-order chi connectivity index (χ1) is 12.5. The van der Waals surface area contributed by atoms with E-state index in [4.69, 9.17) is 4.74 Å². The Morgan fingerprint density at radius 1 is 1.12 bits per heavy atom. The molecule has 144 valence electrons. The summed E-state index contributed by atoms with van der Waals surface area (Å²) >= 11 is 0. The fourth-order valence-electron chi connectivity index (χ4n) is 3.05. The van der Waals surface area contributed by atoms with Crippen LogP contribution in [-0.2, 0) is 11.2 Å². The first-order valence-electron chi connectivity index (χ1n) is 9.43. The van der Waals surface area contributed by atoms with Crippen LogP contribution in [-0.4, -0.2) is 61.6 Å². The summed E-state index contributed by atoms with van der Waals surface area (Å²) in [6.07, 6.45) is 2.10. The molecule has 1 aromatic rings. The molecule has 1 saturated heterocycles. The van der Waals surface area contributed by atoms with Crippen LogP contribution < -0.4 is 10.1 Å². The summed E-state index contributed by atoms with van der Waals surface area (Å²) in [4.78, 5) is 28.2. The van der Waals surface area contributed by atoms with Gasteiger partial charge in [-0.2, -0.15) is 0 Å². The number of carbonyl (C=O) groups excluding carboxylic acids is 2. The van der Waals surface area contributed by atoms with Crippen molar-refractivity contribution in [2.45, 2.75) is 33.1 Å². The minimum Gasteiger partial charge on any atom is -0.496 e. The number of rotatable bonds is 7. The van der Waals surface area contributed by atoms with Crippen LogP contribution in [0, 0.1) is 5.92 Å². The van der Waals surface area contributed by atoms with Crippen molar-refractivity contribution in [3.63, 3.8) is 0 Å². The van der Waals surface area contributed by atoms with Gasteiger partial charge >= 0.3 is 6.03 Å². The first kappa shape index (κ1) is 20.1. The molecule has 6 nitrogen and oxygen atoms in total. The highest BCUT2D eigenvalue weighted by atomic mass is 16.5. The summed E-state index contributed by atoms with van der Waals surface area (Å²) in [6, 6.07) is 7.77. The number of para-hydroxylation sites is 1. The van der Waals surface area contributed by atoms with Crippen molar-refractivity contribution < 1.29 is 14.3 Å². The summed E-state index contributed by atoms with van der Waals surface area (Å²) in [5, 5.41) is 2.96. The number of nitrogens with zero attached hydrogens (tertiary/aromatic N) is 2. The van der Waals surface area contributed by atoms with Crippen molar-refractivity contribution in [2.75, 3.05) is 39.8 Å². The molecule has 0 aliphatic carbocycles. The second kappa shape index (κ2) is 10.0. The van der Waals surface area contributed by atoms with Crippen molar-refractivity contribution in [2.24, 2.45) is 5.92 Å². The smallest absolute Gasteiger partial charge is 0.317 e. The number of nitrogens with one attached hydrogen (secondary N) is 1. The van der Waals surface area contributed by atoms with Crippen LogP contribution in [0.2, 0.25) is 0 Å². The van der Waals surface area contributed by atoms with E-state index in [9.17, 15) is 9.59 Å². The maximum Gasteiger partial charge on any atom is 0.317 e. The quantitative estimate of drug-likeness (QED) is 0.812. The van der Waals surface area contributed by atoms with Crippen LogP contribution >= 0.6 is 0 Å². The number of methoxy groups -OCH3 is 1. The fourth-order valence-corrected chi connectivity index (χ4v) is 3.05. The van der Waals surface area contributed by atoms with Gasteiger partial charge in [0.1, 0.15) is 5.75 Å². The monoisotopic (exact) mass is 361 g/mol. The van der Waals surface area contributed by atoms with Gasteiger partial charge in [0.25, 0.3) is 0 Å². The average Bonchev–Trinajstić information content (AvgIpc) is 2.66. The molecule has 1 aromatic carbocycles. The van der Waals surface area contributed by atoms with E-state index in [0.717, 1.165) is 17.7 Å². The molecule has 0 saturated carbocycles. The lowest BCUT2D eigenvalue weighted by Crippen LogP contribution is -2.53. The molecule has 1 aliphatic rings. The predicted molar refractivity (Wildman–Crippen MR) is 102 cm³/mol. The zero-order chi connectivity index (χ0) is 18.9. The molecular weight excluding hydrogens is 330 g/mol. The van der Waals surface area contributed by atoms with Gasteiger partial charge in [0.2, 0.25) is 5.91 Å². The number of carbonyl (C=O) groups is 2. The summed E-state index contributed by atoms with van der Waals surface area (Å²) in [7, 11) is 1.64. The number of piperazine rings is 1. The van der Waals surface area contributed by atoms with Crippen LogP contribution in [0.15, 0.2) is 24.3 Å². The number of urea groups is 1. The molecule has 6 heteroatoms. The molecule has 0 spiro atoms.